The van der Waals surface area contributed by atoms with Crippen LogP contribution in [0.15, 0.2) is 18.2 Å². The van der Waals surface area contributed by atoms with E-state index >= 15 is 0 Å². The van der Waals surface area contributed by atoms with Crippen LogP contribution in [-0.2, 0) is 18.4 Å². The summed E-state index contributed by atoms with van der Waals surface area (Å²) in [6.07, 6.45) is 0. The molecule has 0 bridgehead atoms. The van der Waals surface area contributed by atoms with E-state index in [9.17, 15) is 4.79 Å². The number of nitrogens with zero attached hydrogens (tertiary/aromatic N) is 3. The lowest BCUT2D eigenvalue weighted by Crippen LogP contribution is -2.38. The molecule has 1 amide bonds. The molecule has 0 fully saturated rings. The maximum absolute atomic E-state index is 11.1. The van der Waals surface area contributed by atoms with Crippen molar-refractivity contribution < 1.29 is 4.79 Å². The summed E-state index contributed by atoms with van der Waals surface area (Å²) in [5.41, 5.74) is 7.17. The molecule has 2 aromatic rings. The van der Waals surface area contributed by atoms with Crippen molar-refractivity contribution in [3.05, 3.63) is 29.0 Å². The van der Waals surface area contributed by atoms with Crippen molar-refractivity contribution in [2.45, 2.75) is 26.4 Å². The molecule has 2 N–H and O–H groups in total. The van der Waals surface area contributed by atoms with E-state index in [4.69, 9.17) is 17.3 Å². The number of hydrogen-bond acceptors (Lipinski definition) is 3. The zero-order chi connectivity index (χ0) is 14.9. The van der Waals surface area contributed by atoms with Crippen LogP contribution < -0.4 is 5.73 Å². The Kier molecular flexibility index (Phi) is 4.30. The smallest absolute Gasteiger partial charge is 0.231 e. The SMILES string of the molecule is CC(C)N(CC(N)=O)Cc1nc2cc(Cl)ccc2n1C. The van der Waals surface area contributed by atoms with Crippen LogP contribution in [0.1, 0.15) is 19.7 Å². The molecule has 0 saturated heterocycles. The summed E-state index contributed by atoms with van der Waals surface area (Å²) in [4.78, 5) is 17.7. The van der Waals surface area contributed by atoms with Crippen molar-refractivity contribution in [1.82, 2.24) is 14.5 Å². The lowest BCUT2D eigenvalue weighted by atomic mass is 10.3. The van der Waals surface area contributed by atoms with Crippen molar-refractivity contribution in [1.29, 1.82) is 0 Å². The Bertz CT molecular complexity index is 635. The Morgan fingerprint density at radius 2 is 2.20 bits per heavy atom. The summed E-state index contributed by atoms with van der Waals surface area (Å²) in [5, 5.41) is 0.667. The minimum atomic E-state index is -0.333. The molecule has 6 heteroatoms. The second kappa shape index (κ2) is 5.81. The Labute approximate surface area is 123 Å². The van der Waals surface area contributed by atoms with Gasteiger partial charge in [0.2, 0.25) is 5.91 Å². The molecule has 0 saturated carbocycles. The zero-order valence-corrected chi connectivity index (χ0v) is 12.7. The number of carbonyl (C=O) groups is 1. The summed E-state index contributed by atoms with van der Waals surface area (Å²) >= 11 is 5.98. The number of amides is 1. The molecule has 0 radical (unpaired) electrons. The lowest BCUT2D eigenvalue weighted by molar-refractivity contribution is -0.119. The first-order valence-corrected chi connectivity index (χ1v) is 6.89. The molecule has 2 rings (SSSR count). The standard InChI is InChI=1S/C14H19ClN4O/c1-9(2)19(7-13(16)20)8-14-17-11-6-10(15)4-5-12(11)18(14)3/h4-6,9H,7-8H2,1-3H3,(H2,16,20). The number of aromatic nitrogens is 2. The fourth-order valence-corrected chi connectivity index (χ4v) is 2.33. The number of nitrogens with two attached hydrogens (primary N) is 1. The van der Waals surface area contributed by atoms with Crippen molar-refractivity contribution in [2.75, 3.05) is 6.54 Å². The van der Waals surface area contributed by atoms with Crippen LogP contribution in [0.3, 0.4) is 0 Å². The highest BCUT2D eigenvalue weighted by atomic mass is 35.5. The van der Waals surface area contributed by atoms with E-state index in [0.29, 0.717) is 11.6 Å². The highest BCUT2D eigenvalue weighted by Crippen LogP contribution is 2.20. The van der Waals surface area contributed by atoms with Crippen LogP contribution in [0.25, 0.3) is 11.0 Å². The van der Waals surface area contributed by atoms with Gasteiger partial charge in [-0.15, -0.1) is 0 Å². The predicted octanol–water partition coefficient (Wildman–Crippen LogP) is 1.92. The van der Waals surface area contributed by atoms with Gasteiger partial charge in [0.15, 0.2) is 0 Å². The van der Waals surface area contributed by atoms with Crippen LogP contribution in [-0.4, -0.2) is 32.9 Å². The molecular weight excluding hydrogens is 276 g/mol. The largest absolute Gasteiger partial charge is 0.369 e. The second-order valence-electron chi connectivity index (χ2n) is 5.19. The summed E-state index contributed by atoms with van der Waals surface area (Å²) in [6, 6.07) is 5.85. The van der Waals surface area contributed by atoms with Crippen LogP contribution >= 0.6 is 11.6 Å². The van der Waals surface area contributed by atoms with E-state index in [1.807, 2.05) is 48.6 Å². The monoisotopic (exact) mass is 294 g/mol. The molecule has 0 unspecified atom stereocenters. The minimum absolute atomic E-state index is 0.214. The Hall–Kier alpha value is -1.59. The molecule has 0 aliphatic heterocycles. The van der Waals surface area contributed by atoms with Gasteiger partial charge in [0.25, 0.3) is 0 Å². The molecular formula is C14H19ClN4O. The average molecular weight is 295 g/mol. The number of fused-ring (bicyclic) bond motifs is 1. The fraction of sp³-hybridized carbons (Fsp3) is 0.429. The number of primary amides is 1. The third-order valence-corrected chi connectivity index (χ3v) is 3.60. The molecule has 0 aliphatic carbocycles. The molecule has 108 valence electrons. The van der Waals surface area contributed by atoms with E-state index in [0.717, 1.165) is 16.9 Å². The molecule has 0 spiro atoms. The van der Waals surface area contributed by atoms with E-state index < -0.39 is 0 Å². The first kappa shape index (κ1) is 14.8. The highest BCUT2D eigenvalue weighted by Gasteiger charge is 2.16. The summed E-state index contributed by atoms with van der Waals surface area (Å²) in [5.74, 6) is 0.553. The number of carbonyl (C=O) groups excluding carboxylic acids is 1. The van der Waals surface area contributed by atoms with Crippen LogP contribution in [0, 0.1) is 0 Å². The van der Waals surface area contributed by atoms with Gasteiger partial charge in [-0.3, -0.25) is 9.69 Å². The van der Waals surface area contributed by atoms with Gasteiger partial charge in [-0.25, -0.2) is 4.98 Å². The number of aryl methyl sites for hydroxylation is 1. The van der Waals surface area contributed by atoms with Crippen molar-refractivity contribution in [3.63, 3.8) is 0 Å². The third kappa shape index (κ3) is 3.11. The van der Waals surface area contributed by atoms with Crippen molar-refractivity contribution >= 4 is 28.5 Å². The Balaban J connectivity index is 2.32. The maximum Gasteiger partial charge on any atom is 0.231 e. The average Bonchev–Trinajstić information content (AvgIpc) is 2.64. The fourth-order valence-electron chi connectivity index (χ4n) is 2.17. The van der Waals surface area contributed by atoms with Crippen molar-refractivity contribution in [2.24, 2.45) is 12.8 Å². The van der Waals surface area contributed by atoms with Gasteiger partial charge in [0.05, 0.1) is 24.1 Å². The van der Waals surface area contributed by atoms with Gasteiger partial charge in [-0.05, 0) is 32.0 Å². The Morgan fingerprint density at radius 1 is 1.50 bits per heavy atom. The number of halogens is 1. The number of imidazole rings is 1. The van der Waals surface area contributed by atoms with E-state index in [2.05, 4.69) is 4.98 Å². The lowest BCUT2D eigenvalue weighted by Gasteiger charge is -2.24. The molecule has 0 atom stereocenters. The molecule has 1 heterocycles. The number of rotatable bonds is 5. The third-order valence-electron chi connectivity index (χ3n) is 3.37. The quantitative estimate of drug-likeness (QED) is 0.916. The van der Waals surface area contributed by atoms with Gasteiger partial charge >= 0.3 is 0 Å². The zero-order valence-electron chi connectivity index (χ0n) is 11.9. The summed E-state index contributed by atoms with van der Waals surface area (Å²) in [7, 11) is 1.96. The van der Waals surface area contributed by atoms with E-state index in [-0.39, 0.29) is 18.5 Å². The first-order chi connectivity index (χ1) is 9.38. The Morgan fingerprint density at radius 3 is 2.80 bits per heavy atom. The minimum Gasteiger partial charge on any atom is -0.369 e. The van der Waals surface area contributed by atoms with Crippen LogP contribution in [0.4, 0.5) is 0 Å². The summed E-state index contributed by atoms with van der Waals surface area (Å²) in [6.45, 7) is 4.86. The van der Waals surface area contributed by atoms with Crippen LogP contribution in [0.5, 0.6) is 0 Å². The normalized spacial score (nSPS) is 11.7. The highest BCUT2D eigenvalue weighted by molar-refractivity contribution is 6.31. The molecule has 1 aromatic heterocycles. The van der Waals surface area contributed by atoms with E-state index in [1.54, 1.807) is 0 Å². The second-order valence-corrected chi connectivity index (χ2v) is 5.62. The molecule has 5 nitrogen and oxygen atoms in total. The first-order valence-electron chi connectivity index (χ1n) is 6.51. The van der Waals surface area contributed by atoms with Crippen molar-refractivity contribution in [3.8, 4) is 0 Å². The molecule has 1 aromatic carbocycles. The molecule has 20 heavy (non-hydrogen) atoms. The maximum atomic E-state index is 11.1. The van der Waals surface area contributed by atoms with Gasteiger partial charge in [-0.1, -0.05) is 11.6 Å². The van der Waals surface area contributed by atoms with Gasteiger partial charge in [0, 0.05) is 18.1 Å². The number of benzene rings is 1. The molecule has 0 aliphatic rings. The van der Waals surface area contributed by atoms with Gasteiger partial charge < -0.3 is 10.3 Å². The van der Waals surface area contributed by atoms with Gasteiger partial charge in [-0.2, -0.15) is 0 Å². The van der Waals surface area contributed by atoms with Crippen LogP contribution in [0.2, 0.25) is 5.02 Å². The topological polar surface area (TPSA) is 64.2 Å². The number of hydrogen-bond donors (Lipinski definition) is 1. The van der Waals surface area contributed by atoms with Gasteiger partial charge in [0.1, 0.15) is 5.82 Å². The predicted molar refractivity (Wildman–Crippen MR) is 80.5 cm³/mol. The summed E-state index contributed by atoms with van der Waals surface area (Å²) < 4.78 is 2.02. The van der Waals surface area contributed by atoms with E-state index in [1.165, 1.54) is 0 Å².